The molecule has 0 aromatic carbocycles. The average Bonchev–Trinajstić information content (AvgIpc) is 2.09. The van der Waals surface area contributed by atoms with Gasteiger partial charge in [-0.3, -0.25) is 4.79 Å². The number of nitrogens with one attached hydrogen (secondary N) is 1. The Hall–Kier alpha value is -0.840. The van der Waals surface area contributed by atoms with Crippen LogP contribution in [0.1, 0.15) is 12.0 Å². The van der Waals surface area contributed by atoms with Crippen LogP contribution in [0.2, 0.25) is 0 Å². The second-order valence-electron chi connectivity index (χ2n) is 2.81. The minimum Gasteiger partial charge on any atom is -0.330 e. The fourth-order valence-corrected chi connectivity index (χ4v) is 0.878. The molecule has 1 aromatic rings. The normalized spacial score (nSPS) is 8.40. The monoisotopic (exact) mass is 251 g/mol. The number of carbonyl (C=O) groups excluding carboxylic acids is 1. The van der Waals surface area contributed by atoms with E-state index in [0.717, 1.165) is 5.56 Å². The molecule has 0 unspecified atom stereocenters. The first kappa shape index (κ1) is 16.6. The smallest absolute Gasteiger partial charge is 0.226 e. The van der Waals surface area contributed by atoms with Crippen molar-refractivity contribution in [2.75, 3.05) is 11.9 Å². The van der Waals surface area contributed by atoms with Crippen LogP contribution in [0.3, 0.4) is 0 Å². The van der Waals surface area contributed by atoms with Gasteiger partial charge < -0.3 is 11.1 Å². The van der Waals surface area contributed by atoms with E-state index < -0.39 is 0 Å². The Morgan fingerprint density at radius 2 is 2.13 bits per heavy atom. The van der Waals surface area contributed by atoms with Crippen LogP contribution in [-0.4, -0.2) is 17.4 Å². The van der Waals surface area contributed by atoms with Gasteiger partial charge >= 0.3 is 0 Å². The second kappa shape index (κ2) is 8.47. The average molecular weight is 252 g/mol. The van der Waals surface area contributed by atoms with Gasteiger partial charge in [-0.05, 0) is 18.6 Å². The summed E-state index contributed by atoms with van der Waals surface area (Å²) in [6.45, 7) is 2.30. The highest BCUT2D eigenvalue weighted by molar-refractivity contribution is 5.89. The second-order valence-corrected chi connectivity index (χ2v) is 2.81. The summed E-state index contributed by atoms with van der Waals surface area (Å²) in [7, 11) is 0. The van der Waals surface area contributed by atoms with Crippen LogP contribution in [0.15, 0.2) is 18.3 Å². The molecule has 0 saturated heterocycles. The molecule has 0 saturated carbocycles. The standard InChI is InChI=1S/C9H13N3O.2ClH/c1-7-2-3-8(11-6-7)12-9(13)4-5-10;;/h2-3,6H,4-5,10H2,1H3,(H,11,12,13);2*1H. The van der Waals surface area contributed by atoms with Crippen molar-refractivity contribution in [3.8, 4) is 0 Å². The first-order valence-corrected chi connectivity index (χ1v) is 4.15. The zero-order chi connectivity index (χ0) is 9.68. The van der Waals surface area contributed by atoms with Crippen molar-refractivity contribution in [3.63, 3.8) is 0 Å². The van der Waals surface area contributed by atoms with Crippen molar-refractivity contribution < 1.29 is 4.79 Å². The largest absolute Gasteiger partial charge is 0.330 e. The SMILES string of the molecule is Cc1ccc(NC(=O)CCN)nc1.Cl.Cl. The van der Waals surface area contributed by atoms with Crippen molar-refractivity contribution in [1.82, 2.24) is 4.98 Å². The van der Waals surface area contributed by atoms with Crippen molar-refractivity contribution in [3.05, 3.63) is 23.9 Å². The van der Waals surface area contributed by atoms with E-state index in [1.807, 2.05) is 13.0 Å². The van der Waals surface area contributed by atoms with Crippen molar-refractivity contribution >= 4 is 36.5 Å². The first-order valence-electron chi connectivity index (χ1n) is 4.15. The van der Waals surface area contributed by atoms with Gasteiger partial charge in [-0.15, -0.1) is 24.8 Å². The summed E-state index contributed by atoms with van der Waals surface area (Å²) in [5, 5.41) is 2.64. The van der Waals surface area contributed by atoms with Gasteiger partial charge in [0, 0.05) is 19.2 Å². The summed E-state index contributed by atoms with van der Waals surface area (Å²) in [6, 6.07) is 3.66. The predicted molar refractivity (Wildman–Crippen MR) is 65.8 cm³/mol. The van der Waals surface area contributed by atoms with Crippen LogP contribution in [0.25, 0.3) is 0 Å². The molecular weight excluding hydrogens is 237 g/mol. The molecule has 0 atom stereocenters. The van der Waals surface area contributed by atoms with Gasteiger partial charge in [-0.1, -0.05) is 6.07 Å². The molecule has 4 nitrogen and oxygen atoms in total. The van der Waals surface area contributed by atoms with E-state index in [1.54, 1.807) is 12.3 Å². The lowest BCUT2D eigenvalue weighted by Crippen LogP contribution is -2.16. The third-order valence-corrected chi connectivity index (χ3v) is 1.55. The van der Waals surface area contributed by atoms with E-state index in [9.17, 15) is 4.79 Å². The molecule has 3 N–H and O–H groups in total. The molecule has 6 heteroatoms. The maximum absolute atomic E-state index is 11.1. The number of anilines is 1. The Kier molecular flexibility index (Phi) is 9.36. The highest BCUT2D eigenvalue weighted by Gasteiger charge is 2.00. The maximum Gasteiger partial charge on any atom is 0.226 e. The third kappa shape index (κ3) is 6.28. The Morgan fingerprint density at radius 3 is 2.60 bits per heavy atom. The van der Waals surface area contributed by atoms with Gasteiger partial charge in [0.05, 0.1) is 0 Å². The Balaban J connectivity index is 0. The third-order valence-electron chi connectivity index (χ3n) is 1.55. The molecule has 0 aliphatic heterocycles. The molecule has 1 heterocycles. The van der Waals surface area contributed by atoms with Crippen LogP contribution in [0.5, 0.6) is 0 Å². The van der Waals surface area contributed by atoms with E-state index in [4.69, 9.17) is 5.73 Å². The molecule has 0 bridgehead atoms. The molecule has 86 valence electrons. The zero-order valence-corrected chi connectivity index (χ0v) is 10.0. The molecule has 1 amide bonds. The summed E-state index contributed by atoms with van der Waals surface area (Å²) >= 11 is 0. The van der Waals surface area contributed by atoms with E-state index >= 15 is 0 Å². The van der Waals surface area contributed by atoms with Crippen LogP contribution >= 0.6 is 24.8 Å². The molecule has 0 aliphatic rings. The van der Waals surface area contributed by atoms with E-state index in [2.05, 4.69) is 10.3 Å². The number of aromatic nitrogens is 1. The molecule has 0 radical (unpaired) electrons. The predicted octanol–water partition coefficient (Wildman–Crippen LogP) is 1.52. The highest BCUT2D eigenvalue weighted by atomic mass is 35.5. The Labute approximate surface area is 101 Å². The van der Waals surface area contributed by atoms with Gasteiger partial charge in [0.1, 0.15) is 5.82 Å². The van der Waals surface area contributed by atoms with Gasteiger partial charge in [-0.2, -0.15) is 0 Å². The molecule has 15 heavy (non-hydrogen) atoms. The minimum absolute atomic E-state index is 0. The highest BCUT2D eigenvalue weighted by Crippen LogP contribution is 2.03. The van der Waals surface area contributed by atoms with Crippen LogP contribution < -0.4 is 11.1 Å². The quantitative estimate of drug-likeness (QED) is 0.856. The summed E-state index contributed by atoms with van der Waals surface area (Å²) in [4.78, 5) is 15.1. The van der Waals surface area contributed by atoms with Crippen molar-refractivity contribution in [2.45, 2.75) is 13.3 Å². The first-order chi connectivity index (χ1) is 6.22. The summed E-state index contributed by atoms with van der Waals surface area (Å²) in [5.41, 5.74) is 6.29. The minimum atomic E-state index is -0.0983. The topological polar surface area (TPSA) is 68.0 Å². The van der Waals surface area contributed by atoms with Crippen molar-refractivity contribution in [1.29, 1.82) is 0 Å². The number of halogens is 2. The molecular formula is C9H15Cl2N3O. The maximum atomic E-state index is 11.1. The zero-order valence-electron chi connectivity index (χ0n) is 8.40. The van der Waals surface area contributed by atoms with Gasteiger partial charge in [0.2, 0.25) is 5.91 Å². The van der Waals surface area contributed by atoms with E-state index in [1.165, 1.54) is 0 Å². The number of nitrogens with zero attached hydrogens (tertiary/aromatic N) is 1. The summed E-state index contributed by atoms with van der Waals surface area (Å²) in [6.07, 6.45) is 2.04. The van der Waals surface area contributed by atoms with E-state index in [0.29, 0.717) is 18.8 Å². The van der Waals surface area contributed by atoms with Gasteiger partial charge in [0.15, 0.2) is 0 Å². The van der Waals surface area contributed by atoms with Crippen LogP contribution in [0, 0.1) is 6.92 Å². The molecule has 0 aliphatic carbocycles. The molecule has 1 rings (SSSR count). The summed E-state index contributed by atoms with van der Waals surface area (Å²) < 4.78 is 0. The molecule has 0 fully saturated rings. The number of nitrogens with two attached hydrogens (primary N) is 1. The number of rotatable bonds is 3. The number of aryl methyl sites for hydroxylation is 1. The number of amides is 1. The van der Waals surface area contributed by atoms with Crippen LogP contribution in [0.4, 0.5) is 5.82 Å². The number of pyridine rings is 1. The lowest BCUT2D eigenvalue weighted by Gasteiger charge is -2.02. The fourth-order valence-electron chi connectivity index (χ4n) is 0.878. The Bertz CT molecular complexity index is 290. The lowest BCUT2D eigenvalue weighted by molar-refractivity contribution is -0.116. The van der Waals surface area contributed by atoms with Crippen LogP contribution in [-0.2, 0) is 4.79 Å². The molecule has 0 spiro atoms. The number of carbonyl (C=O) groups is 1. The van der Waals surface area contributed by atoms with Crippen molar-refractivity contribution in [2.24, 2.45) is 5.73 Å². The van der Waals surface area contributed by atoms with Gasteiger partial charge in [0.25, 0.3) is 0 Å². The fraction of sp³-hybridized carbons (Fsp3) is 0.333. The number of hydrogen-bond donors (Lipinski definition) is 2. The number of hydrogen-bond acceptors (Lipinski definition) is 3. The Morgan fingerprint density at radius 1 is 1.47 bits per heavy atom. The van der Waals surface area contributed by atoms with E-state index in [-0.39, 0.29) is 30.7 Å². The molecule has 1 aromatic heterocycles. The summed E-state index contributed by atoms with van der Waals surface area (Å²) in [5.74, 6) is 0.475. The van der Waals surface area contributed by atoms with Gasteiger partial charge in [-0.25, -0.2) is 4.98 Å². The lowest BCUT2D eigenvalue weighted by atomic mass is 10.3.